The molecule has 4 nitrogen and oxygen atoms in total. The molecule has 0 unspecified atom stereocenters. The van der Waals surface area contributed by atoms with E-state index in [1.165, 1.54) is 24.2 Å². The van der Waals surface area contributed by atoms with E-state index in [1.54, 1.807) is 18.2 Å². The predicted octanol–water partition coefficient (Wildman–Crippen LogP) is 2.45. The highest BCUT2D eigenvalue weighted by atomic mass is 16.2. The third-order valence-corrected chi connectivity index (χ3v) is 4.16. The van der Waals surface area contributed by atoms with E-state index in [-0.39, 0.29) is 11.8 Å². The van der Waals surface area contributed by atoms with Crippen LogP contribution in [0.15, 0.2) is 18.2 Å². The lowest BCUT2D eigenvalue weighted by Crippen LogP contribution is -2.35. The highest BCUT2D eigenvalue weighted by molar-refractivity contribution is 6.21. The summed E-state index contributed by atoms with van der Waals surface area (Å²) >= 11 is 0. The minimum Gasteiger partial charge on any atom is -0.399 e. The summed E-state index contributed by atoms with van der Waals surface area (Å²) in [5.41, 5.74) is 7.17. The molecule has 1 aromatic rings. The van der Waals surface area contributed by atoms with Crippen LogP contribution in [0.4, 0.5) is 5.69 Å². The van der Waals surface area contributed by atoms with Gasteiger partial charge < -0.3 is 5.73 Å². The van der Waals surface area contributed by atoms with Crippen molar-refractivity contribution in [1.82, 2.24) is 4.90 Å². The number of carbonyl (C=O) groups is 2. The quantitative estimate of drug-likeness (QED) is 0.654. The number of fused-ring (bicyclic) bond motifs is 1. The molecule has 0 radical (unpaired) electrons. The van der Waals surface area contributed by atoms with E-state index >= 15 is 0 Å². The maximum atomic E-state index is 12.3. The number of nitrogens with two attached hydrogens (primary N) is 1. The van der Waals surface area contributed by atoms with E-state index in [1.807, 2.05) is 0 Å². The largest absolute Gasteiger partial charge is 0.399 e. The number of imide groups is 1. The lowest BCUT2D eigenvalue weighted by atomic mass is 9.89. The highest BCUT2D eigenvalue weighted by Gasteiger charge is 2.36. The lowest BCUT2D eigenvalue weighted by Gasteiger charge is -2.25. The number of anilines is 1. The molecule has 0 spiro atoms. The van der Waals surface area contributed by atoms with Gasteiger partial charge in [-0.2, -0.15) is 0 Å². The maximum Gasteiger partial charge on any atom is 0.261 e. The van der Waals surface area contributed by atoms with Crippen LogP contribution in [0, 0.1) is 5.92 Å². The molecule has 0 atom stereocenters. The number of hydrogen-bond donors (Lipinski definition) is 1. The van der Waals surface area contributed by atoms with Crippen molar-refractivity contribution in [3.05, 3.63) is 29.3 Å². The number of nitrogens with zero attached hydrogens (tertiary/aromatic N) is 1. The van der Waals surface area contributed by atoms with Gasteiger partial charge in [-0.05, 0) is 37.0 Å². The van der Waals surface area contributed by atoms with Gasteiger partial charge >= 0.3 is 0 Å². The van der Waals surface area contributed by atoms with Crippen LogP contribution in [0.3, 0.4) is 0 Å². The first-order valence-corrected chi connectivity index (χ1v) is 6.92. The number of nitrogen functional groups attached to an aromatic ring is 1. The summed E-state index contributed by atoms with van der Waals surface area (Å²) in [6.07, 6.45) is 5.93. The Kier molecular flexibility index (Phi) is 3.01. The van der Waals surface area contributed by atoms with Crippen molar-refractivity contribution in [3.8, 4) is 0 Å². The second-order valence-corrected chi connectivity index (χ2v) is 5.53. The molecule has 1 saturated carbocycles. The number of benzene rings is 1. The van der Waals surface area contributed by atoms with Crippen molar-refractivity contribution >= 4 is 17.5 Å². The smallest absolute Gasteiger partial charge is 0.261 e. The summed E-state index contributed by atoms with van der Waals surface area (Å²) in [4.78, 5) is 25.9. The first-order valence-electron chi connectivity index (χ1n) is 6.92. The molecular weight excluding hydrogens is 240 g/mol. The number of rotatable bonds is 2. The number of hydrogen-bond acceptors (Lipinski definition) is 3. The van der Waals surface area contributed by atoms with Crippen LogP contribution in [-0.2, 0) is 0 Å². The van der Waals surface area contributed by atoms with Gasteiger partial charge in [0.25, 0.3) is 11.8 Å². The minimum absolute atomic E-state index is 0.162. The normalized spacial score (nSPS) is 19.9. The van der Waals surface area contributed by atoms with E-state index in [0.717, 1.165) is 12.8 Å². The molecule has 0 saturated heterocycles. The molecule has 2 N–H and O–H groups in total. The van der Waals surface area contributed by atoms with Crippen LogP contribution in [0.2, 0.25) is 0 Å². The Morgan fingerprint density at radius 2 is 1.74 bits per heavy atom. The minimum atomic E-state index is -0.183. The first kappa shape index (κ1) is 12.2. The summed E-state index contributed by atoms with van der Waals surface area (Å²) in [6.45, 7) is 0.562. The number of carbonyl (C=O) groups excluding carboxylic acids is 2. The van der Waals surface area contributed by atoms with Gasteiger partial charge in [-0.15, -0.1) is 0 Å². The topological polar surface area (TPSA) is 63.4 Å². The Bertz CT molecular complexity index is 533. The molecule has 1 aromatic carbocycles. The van der Waals surface area contributed by atoms with Crippen LogP contribution in [0.5, 0.6) is 0 Å². The third-order valence-electron chi connectivity index (χ3n) is 4.16. The van der Waals surface area contributed by atoms with Gasteiger partial charge in [-0.3, -0.25) is 14.5 Å². The first-order chi connectivity index (χ1) is 9.16. The second kappa shape index (κ2) is 4.68. The Morgan fingerprint density at radius 1 is 1.05 bits per heavy atom. The van der Waals surface area contributed by atoms with Gasteiger partial charge in [-0.25, -0.2) is 0 Å². The van der Waals surface area contributed by atoms with Crippen molar-refractivity contribution in [2.75, 3.05) is 12.3 Å². The molecule has 1 heterocycles. The highest BCUT2D eigenvalue weighted by Crippen LogP contribution is 2.29. The monoisotopic (exact) mass is 258 g/mol. The summed E-state index contributed by atoms with van der Waals surface area (Å²) in [5, 5.41) is 0. The van der Waals surface area contributed by atoms with Gasteiger partial charge in [0, 0.05) is 12.2 Å². The van der Waals surface area contributed by atoms with E-state index in [4.69, 9.17) is 5.73 Å². The van der Waals surface area contributed by atoms with Crippen LogP contribution >= 0.6 is 0 Å². The number of amides is 2. The second-order valence-electron chi connectivity index (χ2n) is 5.53. The van der Waals surface area contributed by atoms with Crippen LogP contribution in [-0.4, -0.2) is 23.3 Å². The fourth-order valence-corrected chi connectivity index (χ4v) is 3.10. The molecule has 3 rings (SSSR count). The zero-order valence-electron chi connectivity index (χ0n) is 10.9. The van der Waals surface area contributed by atoms with Gasteiger partial charge in [-0.1, -0.05) is 19.3 Å². The Hall–Kier alpha value is -1.84. The standard InChI is InChI=1S/C15H18N2O2/c16-11-6-7-12-13(8-11)15(19)17(14(12)18)9-10-4-2-1-3-5-10/h6-8,10H,1-5,9,16H2. The predicted molar refractivity (Wildman–Crippen MR) is 72.8 cm³/mol. The van der Waals surface area contributed by atoms with E-state index in [9.17, 15) is 9.59 Å². The van der Waals surface area contributed by atoms with Gasteiger partial charge in [0.05, 0.1) is 11.1 Å². The molecule has 100 valence electrons. The van der Waals surface area contributed by atoms with Crippen LogP contribution in [0.25, 0.3) is 0 Å². The Labute approximate surface area is 112 Å². The summed E-state index contributed by atoms with van der Waals surface area (Å²) in [5.74, 6) is 0.122. The molecule has 0 bridgehead atoms. The fraction of sp³-hybridized carbons (Fsp3) is 0.467. The Morgan fingerprint density at radius 3 is 2.47 bits per heavy atom. The molecule has 1 fully saturated rings. The van der Waals surface area contributed by atoms with E-state index in [0.29, 0.717) is 29.3 Å². The SMILES string of the molecule is Nc1ccc2c(c1)C(=O)N(CC1CCCCC1)C2=O. The zero-order valence-corrected chi connectivity index (χ0v) is 10.9. The van der Waals surface area contributed by atoms with Crippen LogP contribution in [0.1, 0.15) is 52.8 Å². The average Bonchev–Trinajstić information content (AvgIpc) is 2.65. The molecule has 1 aliphatic carbocycles. The molecule has 0 aromatic heterocycles. The average molecular weight is 258 g/mol. The molecule has 1 aliphatic heterocycles. The van der Waals surface area contributed by atoms with Crippen molar-refractivity contribution in [2.24, 2.45) is 5.92 Å². The molecule has 19 heavy (non-hydrogen) atoms. The Balaban J connectivity index is 1.81. The van der Waals surface area contributed by atoms with E-state index < -0.39 is 0 Å². The van der Waals surface area contributed by atoms with Crippen molar-refractivity contribution < 1.29 is 9.59 Å². The van der Waals surface area contributed by atoms with E-state index in [2.05, 4.69) is 0 Å². The zero-order chi connectivity index (χ0) is 13.4. The molecular formula is C15H18N2O2. The van der Waals surface area contributed by atoms with Crippen LogP contribution < -0.4 is 5.73 Å². The van der Waals surface area contributed by atoms with Gasteiger partial charge in [0.2, 0.25) is 0 Å². The fourth-order valence-electron chi connectivity index (χ4n) is 3.10. The molecule has 2 aliphatic rings. The summed E-state index contributed by atoms with van der Waals surface area (Å²) in [6, 6.07) is 4.94. The van der Waals surface area contributed by atoms with Crippen molar-refractivity contribution in [2.45, 2.75) is 32.1 Å². The van der Waals surface area contributed by atoms with Crippen molar-refractivity contribution in [1.29, 1.82) is 0 Å². The third kappa shape index (κ3) is 2.11. The summed E-state index contributed by atoms with van der Waals surface area (Å²) < 4.78 is 0. The van der Waals surface area contributed by atoms with Gasteiger partial charge in [0.1, 0.15) is 0 Å². The van der Waals surface area contributed by atoms with Gasteiger partial charge in [0.15, 0.2) is 0 Å². The molecule has 2 amide bonds. The lowest BCUT2D eigenvalue weighted by molar-refractivity contribution is 0.0617. The summed E-state index contributed by atoms with van der Waals surface area (Å²) in [7, 11) is 0. The maximum absolute atomic E-state index is 12.3. The molecule has 4 heteroatoms. The van der Waals surface area contributed by atoms with Crippen molar-refractivity contribution in [3.63, 3.8) is 0 Å².